The van der Waals surface area contributed by atoms with Gasteiger partial charge in [0.25, 0.3) is 0 Å². The molecular formula is C27H27N3O3. The molecule has 0 radical (unpaired) electrons. The number of ketones is 2. The van der Waals surface area contributed by atoms with Crippen molar-refractivity contribution in [1.82, 2.24) is 14.5 Å². The number of fused-ring (bicyclic) bond motifs is 2. The first kappa shape index (κ1) is 21.2. The highest BCUT2D eigenvalue weighted by Gasteiger charge is 2.35. The number of nitrogens with one attached hydrogen (secondary N) is 1. The fourth-order valence-electron chi connectivity index (χ4n) is 4.79. The number of carbonyl (C=O) groups excluding carboxylic acids is 2. The molecule has 6 nitrogen and oxygen atoms in total. The largest absolute Gasteiger partial charge is 0.497 e. The summed E-state index contributed by atoms with van der Waals surface area (Å²) in [6, 6.07) is 13.8. The van der Waals surface area contributed by atoms with Crippen molar-refractivity contribution >= 4 is 44.5 Å². The summed E-state index contributed by atoms with van der Waals surface area (Å²) in [6.45, 7) is 1.78. The Bertz CT molecular complexity index is 1420. The SMILES string of the molecule is COc1ccc2c(c1)c(C1=C(c3c[nH]c4ccccc34)C(=O)CC1=O)cn2CCCN(C)C. The van der Waals surface area contributed by atoms with Gasteiger partial charge in [0, 0.05) is 63.0 Å². The van der Waals surface area contributed by atoms with Crippen LogP contribution in [0, 0.1) is 0 Å². The minimum absolute atomic E-state index is 0.0958. The maximum absolute atomic E-state index is 13.2. The average Bonchev–Trinajstić information content (AvgIpc) is 3.46. The molecule has 0 spiro atoms. The number of carbonyl (C=O) groups is 2. The second-order valence-corrected chi connectivity index (χ2v) is 8.80. The van der Waals surface area contributed by atoms with E-state index in [-0.39, 0.29) is 18.0 Å². The number of ether oxygens (including phenoxy) is 1. The van der Waals surface area contributed by atoms with Crippen molar-refractivity contribution < 1.29 is 14.3 Å². The maximum atomic E-state index is 13.2. The van der Waals surface area contributed by atoms with Crippen molar-refractivity contribution in [2.24, 2.45) is 0 Å². The van der Waals surface area contributed by atoms with Crippen LogP contribution in [0.2, 0.25) is 0 Å². The van der Waals surface area contributed by atoms with Crippen molar-refractivity contribution in [3.63, 3.8) is 0 Å². The second-order valence-electron chi connectivity index (χ2n) is 8.80. The van der Waals surface area contributed by atoms with Gasteiger partial charge in [0.15, 0.2) is 11.6 Å². The smallest absolute Gasteiger partial charge is 0.172 e. The molecule has 33 heavy (non-hydrogen) atoms. The molecule has 0 atom stereocenters. The van der Waals surface area contributed by atoms with Crippen LogP contribution in [-0.4, -0.2) is 53.8 Å². The van der Waals surface area contributed by atoms with Crippen LogP contribution in [0.3, 0.4) is 0 Å². The minimum atomic E-state index is -0.129. The van der Waals surface area contributed by atoms with Crippen molar-refractivity contribution in [2.75, 3.05) is 27.7 Å². The summed E-state index contributed by atoms with van der Waals surface area (Å²) in [5.74, 6) is 0.465. The first-order chi connectivity index (χ1) is 16.0. The van der Waals surface area contributed by atoms with Crippen LogP contribution < -0.4 is 4.74 Å². The van der Waals surface area contributed by atoms with Gasteiger partial charge in [-0.2, -0.15) is 0 Å². The van der Waals surface area contributed by atoms with Gasteiger partial charge >= 0.3 is 0 Å². The maximum Gasteiger partial charge on any atom is 0.172 e. The van der Waals surface area contributed by atoms with Crippen LogP contribution in [0.25, 0.3) is 33.0 Å². The third-order valence-corrected chi connectivity index (χ3v) is 6.35. The Morgan fingerprint density at radius 1 is 1.00 bits per heavy atom. The van der Waals surface area contributed by atoms with Crippen molar-refractivity contribution in [3.05, 3.63) is 66.0 Å². The van der Waals surface area contributed by atoms with E-state index in [2.05, 4.69) is 28.5 Å². The predicted octanol–water partition coefficient (Wildman–Crippen LogP) is 4.54. The average molecular weight is 442 g/mol. The van der Waals surface area contributed by atoms with Crippen LogP contribution in [-0.2, 0) is 16.1 Å². The lowest BCUT2D eigenvalue weighted by Crippen LogP contribution is -2.14. The quantitative estimate of drug-likeness (QED) is 0.428. The van der Waals surface area contributed by atoms with Crippen molar-refractivity contribution in [3.8, 4) is 5.75 Å². The van der Waals surface area contributed by atoms with Gasteiger partial charge < -0.3 is 19.2 Å². The van der Waals surface area contributed by atoms with Crippen LogP contribution in [0.5, 0.6) is 5.75 Å². The standard InChI is InChI=1S/C27H27N3O3/c1-29(2)11-6-12-30-16-21(19-13-17(33-3)9-10-23(19)30)27-25(32)14-24(31)26(27)20-15-28-22-8-5-4-7-18(20)22/h4-5,7-10,13,15-16,28H,6,11-12,14H2,1-3H3. The van der Waals surface area contributed by atoms with Crippen LogP contribution in [0.15, 0.2) is 54.9 Å². The summed E-state index contributed by atoms with van der Waals surface area (Å²) >= 11 is 0. The zero-order valence-corrected chi connectivity index (χ0v) is 19.1. The first-order valence-electron chi connectivity index (χ1n) is 11.2. The lowest BCUT2D eigenvalue weighted by atomic mass is 9.95. The van der Waals surface area contributed by atoms with Gasteiger partial charge in [0.2, 0.25) is 0 Å². The van der Waals surface area contributed by atoms with E-state index in [1.54, 1.807) is 7.11 Å². The van der Waals surface area contributed by atoms with Gasteiger partial charge in [-0.15, -0.1) is 0 Å². The number of nitrogens with zero attached hydrogens (tertiary/aromatic N) is 2. The third kappa shape index (κ3) is 3.66. The number of aromatic amines is 1. The Morgan fingerprint density at radius 2 is 1.76 bits per heavy atom. The molecule has 4 aromatic rings. The Labute approximate surface area is 192 Å². The van der Waals surface area contributed by atoms with Gasteiger partial charge in [-0.1, -0.05) is 18.2 Å². The Hall–Kier alpha value is -3.64. The normalized spacial score (nSPS) is 14.4. The number of para-hydroxylation sites is 1. The second kappa shape index (κ2) is 8.37. The minimum Gasteiger partial charge on any atom is -0.497 e. The predicted molar refractivity (Wildman–Crippen MR) is 131 cm³/mol. The molecule has 0 unspecified atom stereocenters. The summed E-state index contributed by atoms with van der Waals surface area (Å²) in [5.41, 5.74) is 4.57. The van der Waals surface area contributed by atoms with Gasteiger partial charge in [-0.25, -0.2) is 0 Å². The monoisotopic (exact) mass is 441 g/mol. The van der Waals surface area contributed by atoms with Crippen LogP contribution in [0.4, 0.5) is 0 Å². The summed E-state index contributed by atoms with van der Waals surface area (Å²) in [5, 5.41) is 1.87. The van der Waals surface area contributed by atoms with Crippen LogP contribution in [0.1, 0.15) is 24.0 Å². The van der Waals surface area contributed by atoms with E-state index in [9.17, 15) is 9.59 Å². The van der Waals surface area contributed by atoms with E-state index in [0.29, 0.717) is 11.1 Å². The number of aromatic nitrogens is 2. The molecule has 1 aliphatic carbocycles. The number of H-pyrrole nitrogens is 1. The molecule has 6 heteroatoms. The number of rotatable bonds is 7. The fraction of sp³-hybridized carbons (Fsp3) is 0.259. The first-order valence-corrected chi connectivity index (χ1v) is 11.2. The molecule has 0 fully saturated rings. The Kier molecular flexibility index (Phi) is 5.38. The molecule has 1 N–H and O–H groups in total. The zero-order chi connectivity index (χ0) is 23.1. The molecule has 2 aromatic carbocycles. The van der Waals surface area contributed by atoms with E-state index in [0.717, 1.165) is 58.2 Å². The number of benzene rings is 2. The Balaban J connectivity index is 1.73. The molecule has 2 aromatic heterocycles. The lowest BCUT2D eigenvalue weighted by molar-refractivity contribution is -0.119. The van der Waals surface area contributed by atoms with Crippen molar-refractivity contribution in [2.45, 2.75) is 19.4 Å². The van der Waals surface area contributed by atoms with E-state index < -0.39 is 0 Å². The topological polar surface area (TPSA) is 67.3 Å². The molecule has 0 amide bonds. The molecule has 0 bridgehead atoms. The molecule has 0 saturated heterocycles. The van der Waals surface area contributed by atoms with Gasteiger partial charge in [-0.05, 0) is 51.3 Å². The molecule has 2 heterocycles. The molecule has 0 aliphatic heterocycles. The highest BCUT2D eigenvalue weighted by atomic mass is 16.5. The van der Waals surface area contributed by atoms with Gasteiger partial charge in [-0.3, -0.25) is 9.59 Å². The molecule has 1 aliphatic rings. The summed E-state index contributed by atoms with van der Waals surface area (Å²) < 4.78 is 7.66. The van der Waals surface area contributed by atoms with Crippen molar-refractivity contribution in [1.29, 1.82) is 0 Å². The van der Waals surface area contributed by atoms with Gasteiger partial charge in [0.1, 0.15) is 5.75 Å². The summed E-state index contributed by atoms with van der Waals surface area (Å²) in [4.78, 5) is 31.7. The number of Topliss-reactive ketones (excluding diaryl/α,β-unsaturated/α-hetero) is 2. The Morgan fingerprint density at radius 3 is 2.52 bits per heavy atom. The lowest BCUT2D eigenvalue weighted by Gasteiger charge is -2.10. The summed E-state index contributed by atoms with van der Waals surface area (Å²) in [7, 11) is 5.76. The summed E-state index contributed by atoms with van der Waals surface area (Å²) in [6.07, 6.45) is 4.75. The zero-order valence-electron chi connectivity index (χ0n) is 19.1. The molecule has 5 rings (SSSR count). The van der Waals surface area contributed by atoms with E-state index in [4.69, 9.17) is 4.74 Å². The molecule has 168 valence electrons. The number of methoxy groups -OCH3 is 1. The van der Waals surface area contributed by atoms with Gasteiger partial charge in [0.05, 0.1) is 13.5 Å². The van der Waals surface area contributed by atoms with E-state index >= 15 is 0 Å². The number of hydrogen-bond acceptors (Lipinski definition) is 4. The number of allylic oxidation sites excluding steroid dienone is 2. The highest BCUT2D eigenvalue weighted by Crippen LogP contribution is 2.41. The molecular weight excluding hydrogens is 414 g/mol. The molecule has 0 saturated carbocycles. The number of aryl methyl sites for hydroxylation is 1. The third-order valence-electron chi connectivity index (χ3n) is 6.35. The fourth-order valence-corrected chi connectivity index (χ4v) is 4.79. The highest BCUT2D eigenvalue weighted by molar-refractivity contribution is 6.52. The van der Waals surface area contributed by atoms with Crippen LogP contribution >= 0.6 is 0 Å². The number of hydrogen-bond donors (Lipinski definition) is 1. The van der Waals surface area contributed by atoms with E-state index in [1.165, 1.54) is 0 Å². The van der Waals surface area contributed by atoms with E-state index in [1.807, 2.05) is 54.9 Å².